The molecule has 0 bridgehead atoms. The number of nitrogens with one attached hydrogen (secondary N) is 1. The number of hydrogen-bond donors (Lipinski definition) is 4. The number of likely N-dealkylation sites (N-methyl/N-ethyl adjacent to an activating group) is 1. The number of carbonyl (C=O) groups is 1. The highest BCUT2D eigenvalue weighted by Crippen LogP contribution is 2.23. The van der Waals surface area contributed by atoms with Gasteiger partial charge in [-0.05, 0) is 6.92 Å². The molecule has 0 radical (unpaired) electrons. The lowest BCUT2D eigenvalue weighted by Gasteiger charge is -2.45. The largest absolute Gasteiger partial charge is 0.394 e. The summed E-state index contributed by atoms with van der Waals surface area (Å²) in [6.07, 6.45) is -4.28. The van der Waals surface area contributed by atoms with Gasteiger partial charge in [-0.2, -0.15) is 5.06 Å². The predicted molar refractivity (Wildman–Crippen MR) is 64.8 cm³/mol. The average molecular weight is 278 g/mol. The minimum atomic E-state index is -1.28. The van der Waals surface area contributed by atoms with Crippen molar-refractivity contribution in [3.8, 4) is 0 Å². The van der Waals surface area contributed by atoms with Crippen molar-refractivity contribution in [1.82, 2.24) is 10.4 Å². The SMILES string of the molecule is CCN(OC)[C@H]1OC(CO)[C@H](O)C(O)C1NC(C)=O. The van der Waals surface area contributed by atoms with Crippen molar-refractivity contribution < 1.29 is 29.7 Å². The van der Waals surface area contributed by atoms with Gasteiger partial charge in [-0.15, -0.1) is 0 Å². The lowest BCUT2D eigenvalue weighted by Crippen LogP contribution is -2.67. The lowest BCUT2D eigenvalue weighted by atomic mass is 9.96. The Morgan fingerprint density at radius 3 is 2.47 bits per heavy atom. The molecule has 1 aliphatic heterocycles. The number of hydroxylamine groups is 2. The molecule has 1 aliphatic rings. The van der Waals surface area contributed by atoms with Crippen LogP contribution in [-0.2, 0) is 14.4 Å². The maximum Gasteiger partial charge on any atom is 0.217 e. The number of aliphatic hydroxyl groups excluding tert-OH is 3. The number of ether oxygens (including phenoxy) is 1. The molecule has 1 saturated heterocycles. The van der Waals surface area contributed by atoms with E-state index in [1.54, 1.807) is 0 Å². The van der Waals surface area contributed by atoms with Crippen molar-refractivity contribution in [3.63, 3.8) is 0 Å². The number of rotatable bonds is 5. The van der Waals surface area contributed by atoms with E-state index in [0.29, 0.717) is 6.54 Å². The van der Waals surface area contributed by atoms with Crippen LogP contribution in [0.25, 0.3) is 0 Å². The molecule has 112 valence electrons. The number of amides is 1. The molecule has 5 atom stereocenters. The maximum absolute atomic E-state index is 11.2. The molecule has 1 amide bonds. The normalized spacial score (nSPS) is 35.4. The van der Waals surface area contributed by atoms with Gasteiger partial charge in [-0.3, -0.25) is 9.63 Å². The molecule has 8 heteroatoms. The summed E-state index contributed by atoms with van der Waals surface area (Å²) >= 11 is 0. The van der Waals surface area contributed by atoms with E-state index < -0.39 is 37.2 Å². The molecule has 0 aromatic heterocycles. The summed E-state index contributed by atoms with van der Waals surface area (Å²) in [6, 6.07) is -0.852. The molecule has 0 spiro atoms. The van der Waals surface area contributed by atoms with Gasteiger partial charge in [0, 0.05) is 13.5 Å². The zero-order valence-corrected chi connectivity index (χ0v) is 11.3. The monoisotopic (exact) mass is 278 g/mol. The fraction of sp³-hybridized carbons (Fsp3) is 0.909. The van der Waals surface area contributed by atoms with Gasteiger partial charge < -0.3 is 25.4 Å². The van der Waals surface area contributed by atoms with Gasteiger partial charge in [0.05, 0.1) is 19.8 Å². The second-order valence-electron chi connectivity index (χ2n) is 4.37. The van der Waals surface area contributed by atoms with E-state index in [4.69, 9.17) is 14.7 Å². The van der Waals surface area contributed by atoms with Gasteiger partial charge >= 0.3 is 0 Å². The minimum absolute atomic E-state index is 0.362. The van der Waals surface area contributed by atoms with E-state index in [1.807, 2.05) is 6.92 Å². The smallest absolute Gasteiger partial charge is 0.217 e. The standard InChI is InChI=1S/C11H22N2O6/c1-4-13(18-3)11-8(12-6(2)15)10(17)9(16)7(5-14)19-11/h7-11,14,16-17H,4-5H2,1-3H3,(H,12,15)/t7?,8?,9-,10?,11-/m0/s1. The van der Waals surface area contributed by atoms with Crippen LogP contribution in [0, 0.1) is 0 Å². The number of hydrogen-bond acceptors (Lipinski definition) is 7. The summed E-state index contributed by atoms with van der Waals surface area (Å²) < 4.78 is 5.50. The molecule has 3 unspecified atom stereocenters. The van der Waals surface area contributed by atoms with Crippen LogP contribution in [-0.4, -0.2) is 77.1 Å². The molecular weight excluding hydrogens is 256 g/mol. The van der Waals surface area contributed by atoms with E-state index in [1.165, 1.54) is 19.1 Å². The quantitative estimate of drug-likeness (QED) is 0.423. The highest BCUT2D eigenvalue weighted by molar-refractivity contribution is 5.73. The first-order valence-corrected chi connectivity index (χ1v) is 6.16. The third kappa shape index (κ3) is 3.62. The van der Waals surface area contributed by atoms with Crippen LogP contribution in [0.4, 0.5) is 0 Å². The summed E-state index contributed by atoms with van der Waals surface area (Å²) in [5.41, 5.74) is 0. The molecule has 0 aliphatic carbocycles. The maximum atomic E-state index is 11.2. The second kappa shape index (κ2) is 7.13. The van der Waals surface area contributed by atoms with Gasteiger partial charge in [0.15, 0.2) is 6.23 Å². The first-order valence-electron chi connectivity index (χ1n) is 6.16. The number of carbonyl (C=O) groups excluding carboxylic acids is 1. The fourth-order valence-electron chi connectivity index (χ4n) is 2.15. The van der Waals surface area contributed by atoms with Crippen LogP contribution in [0.15, 0.2) is 0 Å². The first-order chi connectivity index (χ1) is 8.96. The van der Waals surface area contributed by atoms with Crippen molar-refractivity contribution in [2.75, 3.05) is 20.3 Å². The van der Waals surface area contributed by atoms with Gasteiger partial charge in [-0.1, -0.05) is 0 Å². The molecule has 19 heavy (non-hydrogen) atoms. The highest BCUT2D eigenvalue weighted by atomic mass is 16.7. The lowest BCUT2D eigenvalue weighted by molar-refractivity contribution is -0.303. The molecule has 1 rings (SSSR count). The predicted octanol–water partition coefficient (Wildman–Crippen LogP) is -2.19. The van der Waals surface area contributed by atoms with Gasteiger partial charge in [-0.25, -0.2) is 0 Å². The van der Waals surface area contributed by atoms with Crippen LogP contribution in [0.1, 0.15) is 13.8 Å². The van der Waals surface area contributed by atoms with E-state index in [-0.39, 0.29) is 5.91 Å². The molecule has 4 N–H and O–H groups in total. The molecule has 8 nitrogen and oxygen atoms in total. The van der Waals surface area contributed by atoms with Gasteiger partial charge in [0.2, 0.25) is 5.91 Å². The summed E-state index contributed by atoms with van der Waals surface area (Å²) in [5.74, 6) is -0.362. The van der Waals surface area contributed by atoms with Crippen LogP contribution < -0.4 is 5.32 Å². The van der Waals surface area contributed by atoms with E-state index in [0.717, 1.165) is 0 Å². The zero-order chi connectivity index (χ0) is 14.6. The Morgan fingerprint density at radius 2 is 2.05 bits per heavy atom. The van der Waals surface area contributed by atoms with Crippen molar-refractivity contribution in [3.05, 3.63) is 0 Å². The van der Waals surface area contributed by atoms with Crippen LogP contribution >= 0.6 is 0 Å². The second-order valence-corrected chi connectivity index (χ2v) is 4.37. The van der Waals surface area contributed by atoms with Crippen molar-refractivity contribution in [1.29, 1.82) is 0 Å². The summed E-state index contributed by atoms with van der Waals surface area (Å²) in [5, 5.41) is 33.0. The van der Waals surface area contributed by atoms with Gasteiger partial charge in [0.25, 0.3) is 0 Å². The van der Waals surface area contributed by atoms with E-state index in [2.05, 4.69) is 5.32 Å². The number of nitrogens with zero attached hydrogens (tertiary/aromatic N) is 1. The topological polar surface area (TPSA) is 111 Å². The Morgan fingerprint density at radius 1 is 1.42 bits per heavy atom. The Kier molecular flexibility index (Phi) is 6.11. The Labute approximate surface area is 111 Å². The summed E-state index contributed by atoms with van der Waals surface area (Å²) in [7, 11) is 1.43. The van der Waals surface area contributed by atoms with Crippen molar-refractivity contribution >= 4 is 5.91 Å². The van der Waals surface area contributed by atoms with Crippen LogP contribution in [0.5, 0.6) is 0 Å². The molecule has 1 heterocycles. The third-order valence-corrected chi connectivity index (χ3v) is 3.10. The van der Waals surface area contributed by atoms with Crippen molar-refractivity contribution in [2.45, 2.75) is 44.4 Å². The Bertz CT molecular complexity index is 299. The number of aliphatic hydroxyl groups is 3. The van der Waals surface area contributed by atoms with E-state index in [9.17, 15) is 15.0 Å². The summed E-state index contributed by atoms with van der Waals surface area (Å²) in [6.45, 7) is 3.11. The fourth-order valence-corrected chi connectivity index (χ4v) is 2.15. The third-order valence-electron chi connectivity index (χ3n) is 3.10. The van der Waals surface area contributed by atoms with Crippen LogP contribution in [0.3, 0.4) is 0 Å². The molecule has 0 aromatic rings. The zero-order valence-electron chi connectivity index (χ0n) is 11.3. The van der Waals surface area contributed by atoms with E-state index >= 15 is 0 Å². The Hall–Kier alpha value is -0.770. The van der Waals surface area contributed by atoms with Crippen molar-refractivity contribution in [2.24, 2.45) is 0 Å². The van der Waals surface area contributed by atoms with Crippen LogP contribution in [0.2, 0.25) is 0 Å². The molecular formula is C11H22N2O6. The molecule has 0 aromatic carbocycles. The molecule has 0 saturated carbocycles. The highest BCUT2D eigenvalue weighted by Gasteiger charge is 2.46. The van der Waals surface area contributed by atoms with Gasteiger partial charge in [0.1, 0.15) is 18.3 Å². The first kappa shape index (κ1) is 16.3. The average Bonchev–Trinajstić information content (AvgIpc) is 2.38. The summed E-state index contributed by atoms with van der Waals surface area (Å²) in [4.78, 5) is 16.3. The molecule has 1 fully saturated rings. The minimum Gasteiger partial charge on any atom is -0.394 e. The Balaban J connectivity index is 2.95.